The number of benzene rings is 2. The number of anilines is 1. The Bertz CT molecular complexity index is 1730. The average molecular weight is 513 g/mol. The van der Waals surface area contributed by atoms with E-state index in [0.29, 0.717) is 29.2 Å². The van der Waals surface area contributed by atoms with E-state index in [2.05, 4.69) is 15.4 Å². The summed E-state index contributed by atoms with van der Waals surface area (Å²) >= 11 is 1.59. The van der Waals surface area contributed by atoms with Crippen LogP contribution in [0.4, 0.5) is 5.69 Å². The molecule has 0 radical (unpaired) electrons. The average Bonchev–Trinajstić information content (AvgIpc) is 3.39. The molecule has 10 heteroatoms. The second-order valence-corrected chi connectivity index (χ2v) is 9.58. The highest BCUT2D eigenvalue weighted by atomic mass is 32.1. The molecule has 0 saturated carbocycles. The van der Waals surface area contributed by atoms with Crippen molar-refractivity contribution < 1.29 is 9.59 Å². The molecule has 0 atom stereocenters. The molecule has 0 bridgehead atoms. The SMILES string of the molecule is CCc1c(-c2ccc(-n3c(C)nn(C)c3=O)cc2)sc2ccnc(C(=O)Nc3cccc(C(N)=O)c3)c12. The van der Waals surface area contributed by atoms with Crippen molar-refractivity contribution in [3.8, 4) is 16.1 Å². The Balaban J connectivity index is 1.54. The van der Waals surface area contributed by atoms with Crippen molar-refractivity contribution in [3.63, 3.8) is 0 Å². The number of carbonyl (C=O) groups excluding carboxylic acids is 2. The summed E-state index contributed by atoms with van der Waals surface area (Å²) in [5.74, 6) is -0.325. The highest BCUT2D eigenvalue weighted by Crippen LogP contribution is 2.40. The van der Waals surface area contributed by atoms with Gasteiger partial charge in [-0.1, -0.05) is 25.1 Å². The molecular formula is C27H24N6O3S. The first-order valence-corrected chi connectivity index (χ1v) is 12.4. The molecule has 3 N–H and O–H groups in total. The molecule has 0 fully saturated rings. The maximum atomic E-state index is 13.3. The first kappa shape index (κ1) is 24.1. The van der Waals surface area contributed by atoms with Gasteiger partial charge in [0.1, 0.15) is 11.5 Å². The number of hydrogen-bond donors (Lipinski definition) is 2. The minimum atomic E-state index is -0.568. The summed E-state index contributed by atoms with van der Waals surface area (Å²) in [6.45, 7) is 3.84. The lowest BCUT2D eigenvalue weighted by molar-refractivity contribution is 0.0995. The third-order valence-electron chi connectivity index (χ3n) is 6.15. The number of thiophene rings is 1. The number of aryl methyl sites for hydroxylation is 3. The van der Waals surface area contributed by atoms with E-state index in [1.807, 2.05) is 37.3 Å². The van der Waals surface area contributed by atoms with E-state index >= 15 is 0 Å². The van der Waals surface area contributed by atoms with Gasteiger partial charge in [0, 0.05) is 39.5 Å². The minimum Gasteiger partial charge on any atom is -0.366 e. The summed E-state index contributed by atoms with van der Waals surface area (Å²) in [7, 11) is 1.63. The number of nitrogens with one attached hydrogen (secondary N) is 1. The van der Waals surface area contributed by atoms with Crippen molar-refractivity contribution in [2.24, 2.45) is 12.8 Å². The molecule has 0 aliphatic rings. The summed E-state index contributed by atoms with van der Waals surface area (Å²) < 4.78 is 3.82. The molecule has 5 aromatic rings. The van der Waals surface area contributed by atoms with Crippen LogP contribution in [0.15, 0.2) is 65.6 Å². The molecule has 3 aromatic heterocycles. The number of rotatable bonds is 6. The molecule has 37 heavy (non-hydrogen) atoms. The van der Waals surface area contributed by atoms with Crippen LogP contribution in [0.1, 0.15) is 39.2 Å². The summed E-state index contributed by atoms with van der Waals surface area (Å²) in [4.78, 5) is 42.7. The van der Waals surface area contributed by atoms with Gasteiger partial charge in [-0.2, -0.15) is 5.10 Å². The van der Waals surface area contributed by atoms with E-state index in [0.717, 1.165) is 31.8 Å². The predicted molar refractivity (Wildman–Crippen MR) is 144 cm³/mol. The molecule has 9 nitrogen and oxygen atoms in total. The van der Waals surface area contributed by atoms with Crippen molar-refractivity contribution in [1.29, 1.82) is 0 Å². The predicted octanol–water partition coefficient (Wildman–Crippen LogP) is 4.07. The second kappa shape index (κ2) is 9.47. The molecule has 0 unspecified atom stereocenters. The Hall–Kier alpha value is -4.57. The zero-order valence-corrected chi connectivity index (χ0v) is 21.3. The van der Waals surface area contributed by atoms with Crippen LogP contribution in [0.5, 0.6) is 0 Å². The largest absolute Gasteiger partial charge is 0.366 e. The Morgan fingerprint density at radius 1 is 1.11 bits per heavy atom. The molecule has 2 aromatic carbocycles. The second-order valence-electron chi connectivity index (χ2n) is 8.53. The Labute approximate surface area is 216 Å². The van der Waals surface area contributed by atoms with E-state index in [9.17, 15) is 14.4 Å². The number of pyridine rings is 1. The lowest BCUT2D eigenvalue weighted by atomic mass is 10.0. The van der Waals surface area contributed by atoms with Gasteiger partial charge in [0.2, 0.25) is 5.91 Å². The van der Waals surface area contributed by atoms with Gasteiger partial charge < -0.3 is 11.1 Å². The Morgan fingerprint density at radius 3 is 2.51 bits per heavy atom. The number of aromatic nitrogens is 4. The van der Waals surface area contributed by atoms with Crippen LogP contribution in [-0.4, -0.2) is 31.1 Å². The molecule has 0 spiro atoms. The Kier molecular flexibility index (Phi) is 6.18. The zero-order valence-electron chi connectivity index (χ0n) is 20.5. The zero-order chi connectivity index (χ0) is 26.3. The van der Waals surface area contributed by atoms with Crippen LogP contribution >= 0.6 is 11.3 Å². The van der Waals surface area contributed by atoms with Gasteiger partial charge in [-0.25, -0.2) is 14.0 Å². The molecule has 0 aliphatic heterocycles. The molecule has 186 valence electrons. The quantitative estimate of drug-likeness (QED) is 0.355. The highest BCUT2D eigenvalue weighted by molar-refractivity contribution is 7.22. The first-order chi connectivity index (χ1) is 17.8. The number of carbonyl (C=O) groups is 2. The van der Waals surface area contributed by atoms with E-state index < -0.39 is 5.91 Å². The van der Waals surface area contributed by atoms with Gasteiger partial charge in [0.05, 0.1) is 5.69 Å². The summed E-state index contributed by atoms with van der Waals surface area (Å²) in [6, 6.07) is 16.1. The standard InChI is InChI=1S/C27H24N6O3S/c1-4-20-22-21(12-13-29-23(22)26(35)30-18-7-5-6-17(14-18)25(28)34)37-24(20)16-8-10-19(11-9-16)33-15(2)31-32(3)27(33)36/h5-14H,4H2,1-3H3,(H2,28,34)(H,30,35). The number of nitrogens with two attached hydrogens (primary N) is 1. The molecular weight excluding hydrogens is 488 g/mol. The van der Waals surface area contributed by atoms with Gasteiger partial charge in [-0.05, 0) is 60.9 Å². The van der Waals surface area contributed by atoms with Crippen molar-refractivity contribution >= 4 is 38.9 Å². The van der Waals surface area contributed by atoms with Crippen molar-refractivity contribution in [1.82, 2.24) is 19.3 Å². The van der Waals surface area contributed by atoms with Crippen molar-refractivity contribution in [3.05, 3.63) is 93.9 Å². The Morgan fingerprint density at radius 2 is 1.86 bits per heavy atom. The number of amides is 2. The third-order valence-corrected chi connectivity index (χ3v) is 7.39. The molecule has 2 amide bonds. The van der Waals surface area contributed by atoms with Gasteiger partial charge >= 0.3 is 5.69 Å². The van der Waals surface area contributed by atoms with Gasteiger partial charge in [0.15, 0.2) is 0 Å². The summed E-state index contributed by atoms with van der Waals surface area (Å²) in [5.41, 5.74) is 8.99. The van der Waals surface area contributed by atoms with Crippen LogP contribution in [0, 0.1) is 6.92 Å². The van der Waals surface area contributed by atoms with E-state index in [1.54, 1.807) is 54.3 Å². The van der Waals surface area contributed by atoms with Crippen LogP contribution in [-0.2, 0) is 13.5 Å². The topological polar surface area (TPSA) is 125 Å². The molecule has 5 rings (SSSR count). The third kappa shape index (κ3) is 4.31. The smallest absolute Gasteiger partial charge is 0.350 e. The molecule has 0 saturated heterocycles. The summed E-state index contributed by atoms with van der Waals surface area (Å²) in [6.07, 6.45) is 2.32. The fourth-order valence-corrected chi connectivity index (χ4v) is 5.73. The lowest BCUT2D eigenvalue weighted by Gasteiger charge is -2.09. The molecule has 0 aliphatic carbocycles. The van der Waals surface area contributed by atoms with Crippen LogP contribution in [0.25, 0.3) is 26.2 Å². The number of primary amides is 1. The van der Waals surface area contributed by atoms with Crippen LogP contribution in [0.2, 0.25) is 0 Å². The van der Waals surface area contributed by atoms with Crippen LogP contribution in [0.3, 0.4) is 0 Å². The van der Waals surface area contributed by atoms with Crippen molar-refractivity contribution in [2.45, 2.75) is 20.3 Å². The fourth-order valence-electron chi connectivity index (χ4n) is 4.44. The van der Waals surface area contributed by atoms with E-state index in [-0.39, 0.29) is 11.6 Å². The van der Waals surface area contributed by atoms with E-state index in [1.165, 1.54) is 10.7 Å². The maximum absolute atomic E-state index is 13.3. The van der Waals surface area contributed by atoms with Crippen LogP contribution < -0.4 is 16.7 Å². The highest BCUT2D eigenvalue weighted by Gasteiger charge is 2.21. The normalized spacial score (nSPS) is 11.1. The minimum absolute atomic E-state index is 0.204. The number of nitrogens with zero attached hydrogens (tertiary/aromatic N) is 4. The van der Waals surface area contributed by atoms with E-state index in [4.69, 9.17) is 5.73 Å². The fraction of sp³-hybridized carbons (Fsp3) is 0.148. The number of hydrogen-bond acceptors (Lipinski definition) is 6. The maximum Gasteiger partial charge on any atom is 0.350 e. The van der Waals surface area contributed by atoms with Gasteiger partial charge in [-0.3, -0.25) is 14.6 Å². The first-order valence-electron chi connectivity index (χ1n) is 11.6. The number of fused-ring (bicyclic) bond motifs is 1. The van der Waals surface area contributed by atoms with Gasteiger partial charge in [0.25, 0.3) is 5.91 Å². The van der Waals surface area contributed by atoms with Crippen molar-refractivity contribution in [2.75, 3.05) is 5.32 Å². The monoisotopic (exact) mass is 512 g/mol. The lowest BCUT2D eigenvalue weighted by Crippen LogP contribution is -2.21. The molecule has 3 heterocycles. The van der Waals surface area contributed by atoms with Gasteiger partial charge in [-0.15, -0.1) is 11.3 Å². The summed E-state index contributed by atoms with van der Waals surface area (Å²) in [5, 5.41) is 7.84.